The van der Waals surface area contributed by atoms with Crippen molar-refractivity contribution in [2.45, 2.75) is 167 Å². The van der Waals surface area contributed by atoms with Crippen molar-refractivity contribution in [1.29, 1.82) is 0 Å². The Balaban J connectivity index is 4.25. The monoisotopic (exact) mass is 766 g/mol. The molecule has 304 valence electrons. The first kappa shape index (κ1) is 50.4. The van der Waals surface area contributed by atoms with Crippen molar-refractivity contribution in [3.05, 3.63) is 72.9 Å². The molecular weight excluding hydrogens is 695 g/mol. The molecule has 10 nitrogen and oxygen atoms in total. The van der Waals surface area contributed by atoms with E-state index in [-0.39, 0.29) is 25.9 Å². The fourth-order valence-electron chi connectivity index (χ4n) is 5.07. The molecule has 0 aromatic rings. The van der Waals surface area contributed by atoms with Crippen molar-refractivity contribution in [2.75, 3.05) is 13.2 Å². The standard InChI is InChI=1S/C42H71O10P/c1-3-5-7-9-11-12-13-14-15-16-17-18-19-20-22-28-34-41(45)50-36-40(37-51-53(47,48)49)52-42(46)35-29-33-39(44)32-27-24-23-26-31-38(43)30-25-21-10-8-6-4-2/h11-12,14-15,21,23-27,31-32,38-40,43-44H,3-10,13,16-20,22,28-30,33-37H2,1-2H3,(H2,47,48,49)/b12-11-,15-14-,24-23+,25-21-,31-26+,32-27-/t38-,39-,40+/m0/s1. The van der Waals surface area contributed by atoms with E-state index in [4.69, 9.17) is 19.3 Å². The summed E-state index contributed by atoms with van der Waals surface area (Å²) in [6.07, 6.45) is 39.6. The molecule has 0 radical (unpaired) electrons. The Kier molecular flexibility index (Phi) is 34.6. The van der Waals surface area contributed by atoms with Crippen molar-refractivity contribution in [3.63, 3.8) is 0 Å². The van der Waals surface area contributed by atoms with Gasteiger partial charge in [0.25, 0.3) is 0 Å². The van der Waals surface area contributed by atoms with Gasteiger partial charge < -0.3 is 29.5 Å². The van der Waals surface area contributed by atoms with Crippen LogP contribution in [0.15, 0.2) is 72.9 Å². The molecule has 0 unspecified atom stereocenters. The van der Waals surface area contributed by atoms with Gasteiger partial charge in [-0.05, 0) is 70.6 Å². The number of phosphoric ester groups is 1. The second kappa shape index (κ2) is 36.4. The SMILES string of the molecule is CCCCC/C=C\C/C=C\CCCCCCCCC(=O)OC[C@H](COP(=O)(O)O)OC(=O)CCC[C@@H](O)\C=C/C=C/C=C/[C@@H](O)C/C=C\CCCCC. The summed E-state index contributed by atoms with van der Waals surface area (Å²) in [6.45, 7) is 3.37. The summed E-state index contributed by atoms with van der Waals surface area (Å²) >= 11 is 0. The summed E-state index contributed by atoms with van der Waals surface area (Å²) in [7, 11) is -4.83. The van der Waals surface area contributed by atoms with E-state index in [1.807, 2.05) is 6.08 Å². The third kappa shape index (κ3) is 38.9. The molecule has 3 atom stereocenters. The quantitative estimate of drug-likeness (QED) is 0.0161. The lowest BCUT2D eigenvalue weighted by Crippen LogP contribution is -2.29. The van der Waals surface area contributed by atoms with Gasteiger partial charge in [0.05, 0.1) is 18.8 Å². The zero-order chi connectivity index (χ0) is 39.3. The van der Waals surface area contributed by atoms with Crippen LogP contribution >= 0.6 is 7.82 Å². The predicted octanol–water partition coefficient (Wildman–Crippen LogP) is 9.84. The molecule has 0 aliphatic heterocycles. The Bertz CT molecular complexity index is 1120. The lowest BCUT2D eigenvalue weighted by atomic mass is 10.1. The zero-order valence-corrected chi connectivity index (χ0v) is 33.5. The number of phosphoric acid groups is 1. The Hall–Kier alpha value is -2.59. The Morgan fingerprint density at radius 3 is 1.74 bits per heavy atom. The second-order valence-corrected chi connectivity index (χ2v) is 14.5. The highest BCUT2D eigenvalue weighted by Gasteiger charge is 2.23. The van der Waals surface area contributed by atoms with Crippen LogP contribution in [-0.4, -0.2) is 63.5 Å². The molecule has 0 aromatic heterocycles. The van der Waals surface area contributed by atoms with Crippen LogP contribution in [0.2, 0.25) is 0 Å². The first-order valence-electron chi connectivity index (χ1n) is 19.9. The highest BCUT2D eigenvalue weighted by Crippen LogP contribution is 2.36. The average Bonchev–Trinajstić information content (AvgIpc) is 3.11. The number of aliphatic hydroxyl groups is 2. The minimum Gasteiger partial charge on any atom is -0.462 e. The highest BCUT2D eigenvalue weighted by molar-refractivity contribution is 7.46. The first-order chi connectivity index (χ1) is 25.6. The van der Waals surface area contributed by atoms with E-state index in [1.165, 1.54) is 38.5 Å². The minimum atomic E-state index is -4.83. The number of hydrogen-bond donors (Lipinski definition) is 4. The van der Waals surface area contributed by atoms with Crippen LogP contribution in [0.1, 0.15) is 149 Å². The van der Waals surface area contributed by atoms with Crippen molar-refractivity contribution in [3.8, 4) is 0 Å². The van der Waals surface area contributed by atoms with Crippen molar-refractivity contribution in [2.24, 2.45) is 0 Å². The second-order valence-electron chi connectivity index (χ2n) is 13.3. The average molecular weight is 767 g/mol. The van der Waals surface area contributed by atoms with Gasteiger partial charge in [0.2, 0.25) is 0 Å². The Labute approximate surface area is 320 Å². The molecule has 0 fully saturated rings. The third-order valence-corrected chi connectivity index (χ3v) is 8.62. The third-order valence-electron chi connectivity index (χ3n) is 8.14. The number of unbranched alkanes of at least 4 members (excludes halogenated alkanes) is 12. The number of aliphatic hydroxyl groups excluding tert-OH is 2. The topological polar surface area (TPSA) is 160 Å². The molecule has 0 bridgehead atoms. The summed E-state index contributed by atoms with van der Waals surface area (Å²) in [5.74, 6) is -1.14. The summed E-state index contributed by atoms with van der Waals surface area (Å²) in [5.41, 5.74) is 0. The molecule has 0 spiro atoms. The number of ether oxygens (including phenoxy) is 2. The number of esters is 2. The number of rotatable bonds is 35. The number of carbonyl (C=O) groups excluding carboxylic acids is 2. The maximum absolute atomic E-state index is 12.4. The van der Waals surface area contributed by atoms with E-state index in [2.05, 4.69) is 48.8 Å². The van der Waals surface area contributed by atoms with Crippen LogP contribution in [0.25, 0.3) is 0 Å². The Morgan fingerprint density at radius 1 is 0.604 bits per heavy atom. The molecule has 4 N–H and O–H groups in total. The van der Waals surface area contributed by atoms with Crippen LogP contribution in [0.5, 0.6) is 0 Å². The molecule has 0 aliphatic carbocycles. The molecule has 0 heterocycles. The van der Waals surface area contributed by atoms with Crippen molar-refractivity contribution in [1.82, 2.24) is 0 Å². The first-order valence-corrected chi connectivity index (χ1v) is 21.5. The van der Waals surface area contributed by atoms with Crippen LogP contribution in [0.4, 0.5) is 0 Å². The summed E-state index contributed by atoms with van der Waals surface area (Å²) in [5, 5.41) is 20.2. The molecule has 11 heteroatoms. The number of carbonyl (C=O) groups is 2. The van der Waals surface area contributed by atoms with E-state index in [0.29, 0.717) is 19.3 Å². The van der Waals surface area contributed by atoms with E-state index in [1.54, 1.807) is 36.5 Å². The molecule has 0 rings (SSSR count). The van der Waals surface area contributed by atoms with Gasteiger partial charge in [0, 0.05) is 12.8 Å². The van der Waals surface area contributed by atoms with Gasteiger partial charge in [-0.1, -0.05) is 138 Å². The molecule has 0 aromatic carbocycles. The van der Waals surface area contributed by atoms with Crippen molar-refractivity contribution < 1.29 is 48.2 Å². The molecule has 0 saturated carbocycles. The van der Waals surface area contributed by atoms with E-state index in [0.717, 1.165) is 57.8 Å². The van der Waals surface area contributed by atoms with Gasteiger partial charge in [-0.25, -0.2) is 4.57 Å². The van der Waals surface area contributed by atoms with Gasteiger partial charge in [-0.3, -0.25) is 14.1 Å². The normalized spacial score (nSPS) is 14.5. The molecule has 0 amide bonds. The van der Waals surface area contributed by atoms with Crippen LogP contribution in [0.3, 0.4) is 0 Å². The van der Waals surface area contributed by atoms with E-state index < -0.39 is 44.7 Å². The largest absolute Gasteiger partial charge is 0.469 e. The molecular formula is C42H71O10P. The summed E-state index contributed by atoms with van der Waals surface area (Å²) in [4.78, 5) is 42.8. The van der Waals surface area contributed by atoms with E-state index >= 15 is 0 Å². The number of allylic oxidation sites excluding steroid dienone is 9. The fraction of sp³-hybridized carbons (Fsp3) is 0.667. The van der Waals surface area contributed by atoms with Gasteiger partial charge in [0.1, 0.15) is 6.61 Å². The predicted molar refractivity (Wildman–Crippen MR) is 214 cm³/mol. The smallest absolute Gasteiger partial charge is 0.462 e. The molecule has 53 heavy (non-hydrogen) atoms. The summed E-state index contributed by atoms with van der Waals surface area (Å²) < 4.78 is 26.2. The molecule has 0 saturated heterocycles. The van der Waals surface area contributed by atoms with Gasteiger partial charge in [0.15, 0.2) is 6.10 Å². The Morgan fingerprint density at radius 2 is 1.13 bits per heavy atom. The molecule has 0 aliphatic rings. The van der Waals surface area contributed by atoms with Crippen LogP contribution in [0, 0.1) is 0 Å². The maximum Gasteiger partial charge on any atom is 0.469 e. The minimum absolute atomic E-state index is 0.0540. The van der Waals surface area contributed by atoms with Crippen LogP contribution in [-0.2, 0) is 28.2 Å². The highest BCUT2D eigenvalue weighted by atomic mass is 31.2. The van der Waals surface area contributed by atoms with E-state index in [9.17, 15) is 24.4 Å². The van der Waals surface area contributed by atoms with Gasteiger partial charge in [-0.15, -0.1) is 0 Å². The lowest BCUT2D eigenvalue weighted by Gasteiger charge is -2.18. The lowest BCUT2D eigenvalue weighted by molar-refractivity contribution is -0.161. The summed E-state index contributed by atoms with van der Waals surface area (Å²) in [6, 6.07) is 0. The zero-order valence-electron chi connectivity index (χ0n) is 32.6. The van der Waals surface area contributed by atoms with Gasteiger partial charge in [-0.2, -0.15) is 0 Å². The number of hydrogen-bond acceptors (Lipinski definition) is 8. The van der Waals surface area contributed by atoms with Crippen LogP contribution < -0.4 is 0 Å². The maximum atomic E-state index is 12.4. The fourth-order valence-corrected chi connectivity index (χ4v) is 5.43. The van der Waals surface area contributed by atoms with Gasteiger partial charge >= 0.3 is 19.8 Å². The van der Waals surface area contributed by atoms with Crippen molar-refractivity contribution >= 4 is 19.8 Å².